The Bertz CT molecular complexity index is 1160. The molecule has 178 valence electrons. The number of carbonyl (C=O) groups is 2. The molecule has 1 atom stereocenters. The number of aryl methyl sites for hydroxylation is 1. The van der Waals surface area contributed by atoms with Gasteiger partial charge in [0.2, 0.25) is 5.91 Å². The fourth-order valence-corrected chi connectivity index (χ4v) is 5.69. The van der Waals surface area contributed by atoms with Gasteiger partial charge >= 0.3 is 0 Å². The van der Waals surface area contributed by atoms with Crippen LogP contribution in [-0.2, 0) is 16.0 Å². The van der Waals surface area contributed by atoms with Crippen LogP contribution in [-0.4, -0.2) is 55.0 Å². The van der Waals surface area contributed by atoms with Crippen molar-refractivity contribution in [3.8, 4) is 0 Å². The van der Waals surface area contributed by atoms with Crippen molar-refractivity contribution in [2.24, 2.45) is 0 Å². The smallest absolute Gasteiger partial charge is 0.254 e. The van der Waals surface area contributed by atoms with E-state index in [4.69, 9.17) is 27.9 Å². The zero-order valence-corrected chi connectivity index (χ0v) is 21.4. The number of thiophene rings is 1. The van der Waals surface area contributed by atoms with Crippen molar-refractivity contribution in [1.82, 2.24) is 9.80 Å². The van der Waals surface area contributed by atoms with Crippen LogP contribution in [0.15, 0.2) is 53.9 Å². The lowest BCUT2D eigenvalue weighted by Gasteiger charge is -2.37. The van der Waals surface area contributed by atoms with Crippen LogP contribution in [0.3, 0.4) is 0 Å². The summed E-state index contributed by atoms with van der Waals surface area (Å²) in [5.41, 5.74) is 3.73. The minimum atomic E-state index is -0.310. The topological polar surface area (TPSA) is 49.9 Å². The minimum Gasteiger partial charge on any atom is -0.383 e. The van der Waals surface area contributed by atoms with Crippen molar-refractivity contribution in [1.29, 1.82) is 0 Å². The summed E-state index contributed by atoms with van der Waals surface area (Å²) in [4.78, 5) is 31.7. The Morgan fingerprint density at radius 3 is 2.50 bits per heavy atom. The van der Waals surface area contributed by atoms with Gasteiger partial charge in [-0.05, 0) is 54.1 Å². The van der Waals surface area contributed by atoms with E-state index in [1.807, 2.05) is 11.8 Å². The van der Waals surface area contributed by atoms with Gasteiger partial charge in [0.25, 0.3) is 5.91 Å². The van der Waals surface area contributed by atoms with E-state index >= 15 is 0 Å². The molecule has 0 fully saturated rings. The number of ether oxygens (including phenoxy) is 1. The standard InChI is InChI=1S/C26H26Cl2N2O3S/c1-17-3-5-18(6-4-17)25-22-8-12-34-23(22)7-9-30(25)24(31)16-29(10-11-33-2)26(32)19-13-20(27)15-21(28)14-19/h3-6,8,12-15,25H,7,9-11,16H2,1-2H3. The van der Waals surface area contributed by atoms with Crippen LogP contribution >= 0.6 is 34.5 Å². The van der Waals surface area contributed by atoms with Gasteiger partial charge in [0.05, 0.1) is 12.6 Å². The highest BCUT2D eigenvalue weighted by atomic mass is 35.5. The SMILES string of the molecule is COCCN(CC(=O)N1CCc2sccc2C1c1ccc(C)cc1)C(=O)c1cc(Cl)cc(Cl)c1. The molecule has 1 unspecified atom stereocenters. The van der Waals surface area contributed by atoms with Crippen LogP contribution in [0.2, 0.25) is 10.0 Å². The summed E-state index contributed by atoms with van der Waals surface area (Å²) in [7, 11) is 1.57. The monoisotopic (exact) mass is 516 g/mol. The molecular formula is C26H26Cl2N2O3S. The van der Waals surface area contributed by atoms with E-state index in [-0.39, 0.29) is 30.9 Å². The maximum absolute atomic E-state index is 13.7. The molecular weight excluding hydrogens is 491 g/mol. The molecule has 0 N–H and O–H groups in total. The molecule has 0 aliphatic carbocycles. The maximum atomic E-state index is 13.7. The number of rotatable bonds is 7. The number of fused-ring (bicyclic) bond motifs is 1. The van der Waals surface area contributed by atoms with E-state index < -0.39 is 0 Å². The van der Waals surface area contributed by atoms with Gasteiger partial charge in [0.1, 0.15) is 6.54 Å². The fourth-order valence-electron chi connectivity index (χ4n) is 4.26. The number of nitrogens with zero attached hydrogens (tertiary/aromatic N) is 2. The summed E-state index contributed by atoms with van der Waals surface area (Å²) in [6, 6.07) is 14.9. The molecule has 0 saturated carbocycles. The number of methoxy groups -OCH3 is 1. The number of halogens is 2. The van der Waals surface area contributed by atoms with Crippen molar-refractivity contribution in [2.75, 3.05) is 33.4 Å². The average molecular weight is 517 g/mol. The Kier molecular flexibility index (Phi) is 7.94. The first-order valence-corrected chi connectivity index (χ1v) is 12.7. The van der Waals surface area contributed by atoms with E-state index in [9.17, 15) is 9.59 Å². The van der Waals surface area contributed by atoms with Crippen LogP contribution in [0, 0.1) is 6.92 Å². The average Bonchev–Trinajstić information content (AvgIpc) is 3.29. The lowest BCUT2D eigenvalue weighted by Crippen LogP contribution is -2.47. The second-order valence-corrected chi connectivity index (χ2v) is 10.2. The van der Waals surface area contributed by atoms with Gasteiger partial charge in [0, 0.05) is 40.7 Å². The molecule has 0 saturated heterocycles. The van der Waals surface area contributed by atoms with Gasteiger partial charge in [-0.25, -0.2) is 0 Å². The Hall–Kier alpha value is -2.38. The van der Waals surface area contributed by atoms with Crippen LogP contribution < -0.4 is 0 Å². The molecule has 34 heavy (non-hydrogen) atoms. The molecule has 2 aromatic carbocycles. The molecule has 1 aliphatic heterocycles. The van der Waals surface area contributed by atoms with Crippen molar-refractivity contribution < 1.29 is 14.3 Å². The Morgan fingerprint density at radius 2 is 1.82 bits per heavy atom. The largest absolute Gasteiger partial charge is 0.383 e. The highest BCUT2D eigenvalue weighted by molar-refractivity contribution is 7.10. The van der Waals surface area contributed by atoms with Crippen LogP contribution in [0.25, 0.3) is 0 Å². The molecule has 1 aromatic heterocycles. The third-order valence-corrected chi connectivity index (χ3v) is 7.40. The number of hydrogen-bond acceptors (Lipinski definition) is 4. The van der Waals surface area contributed by atoms with Crippen molar-refractivity contribution in [3.05, 3.63) is 91.1 Å². The molecule has 5 nitrogen and oxygen atoms in total. The van der Waals surface area contributed by atoms with Gasteiger partial charge in [0.15, 0.2) is 0 Å². The van der Waals surface area contributed by atoms with Crippen molar-refractivity contribution in [3.63, 3.8) is 0 Å². The quantitative estimate of drug-likeness (QED) is 0.409. The maximum Gasteiger partial charge on any atom is 0.254 e. The number of amides is 2. The van der Waals surface area contributed by atoms with Gasteiger partial charge in [-0.3, -0.25) is 9.59 Å². The molecule has 0 radical (unpaired) electrons. The van der Waals surface area contributed by atoms with E-state index in [1.54, 1.807) is 36.6 Å². The first-order chi connectivity index (χ1) is 16.4. The molecule has 8 heteroatoms. The third-order valence-electron chi connectivity index (χ3n) is 5.97. The van der Waals surface area contributed by atoms with Crippen molar-refractivity contribution in [2.45, 2.75) is 19.4 Å². The van der Waals surface area contributed by atoms with Crippen LogP contribution in [0.4, 0.5) is 0 Å². The second kappa shape index (κ2) is 10.9. The molecule has 1 aliphatic rings. The summed E-state index contributed by atoms with van der Waals surface area (Å²) in [6.07, 6.45) is 0.803. The second-order valence-electron chi connectivity index (χ2n) is 8.33. The summed E-state index contributed by atoms with van der Waals surface area (Å²) >= 11 is 14.0. The van der Waals surface area contributed by atoms with Gasteiger partial charge < -0.3 is 14.5 Å². The van der Waals surface area contributed by atoms with Gasteiger partial charge in [-0.2, -0.15) is 0 Å². The lowest BCUT2D eigenvalue weighted by atomic mass is 9.92. The minimum absolute atomic E-state index is 0.0614. The van der Waals surface area contributed by atoms with Crippen molar-refractivity contribution >= 4 is 46.4 Å². The zero-order valence-electron chi connectivity index (χ0n) is 19.1. The first kappa shape index (κ1) is 24.7. The molecule has 2 amide bonds. The molecule has 0 spiro atoms. The van der Waals surface area contributed by atoms with E-state index in [0.29, 0.717) is 28.8 Å². The van der Waals surface area contributed by atoms with E-state index in [0.717, 1.165) is 17.5 Å². The summed E-state index contributed by atoms with van der Waals surface area (Å²) in [5.74, 6) is -0.421. The molecule has 0 bridgehead atoms. The zero-order chi connectivity index (χ0) is 24.2. The fraction of sp³-hybridized carbons (Fsp3) is 0.308. The third kappa shape index (κ3) is 5.47. The highest BCUT2D eigenvalue weighted by Crippen LogP contribution is 2.38. The van der Waals surface area contributed by atoms with E-state index in [1.165, 1.54) is 15.3 Å². The van der Waals surface area contributed by atoms with Crippen LogP contribution in [0.5, 0.6) is 0 Å². The van der Waals surface area contributed by atoms with Crippen LogP contribution in [0.1, 0.15) is 38.0 Å². The van der Waals surface area contributed by atoms with Gasteiger partial charge in [-0.15, -0.1) is 11.3 Å². The number of carbonyl (C=O) groups excluding carboxylic acids is 2. The van der Waals surface area contributed by atoms with Gasteiger partial charge in [-0.1, -0.05) is 53.0 Å². The molecule has 3 aromatic rings. The summed E-state index contributed by atoms with van der Waals surface area (Å²) in [5, 5.41) is 2.82. The lowest BCUT2D eigenvalue weighted by molar-refractivity contribution is -0.134. The number of hydrogen-bond donors (Lipinski definition) is 0. The molecule has 4 rings (SSSR count). The summed E-state index contributed by atoms with van der Waals surface area (Å²) in [6.45, 7) is 3.17. The predicted molar refractivity (Wildman–Crippen MR) is 137 cm³/mol. The predicted octanol–water partition coefficient (Wildman–Crippen LogP) is 5.63. The van der Waals surface area contributed by atoms with E-state index in [2.05, 4.69) is 35.7 Å². The highest BCUT2D eigenvalue weighted by Gasteiger charge is 2.34. The number of benzene rings is 2. The Morgan fingerprint density at radius 1 is 1.12 bits per heavy atom. The molecule has 2 heterocycles. The first-order valence-electron chi connectivity index (χ1n) is 11.0. The Labute approximate surface area is 213 Å². The normalized spacial score (nSPS) is 15.2. The Balaban J connectivity index is 1.62. The summed E-state index contributed by atoms with van der Waals surface area (Å²) < 4.78 is 5.20.